The Morgan fingerprint density at radius 3 is 2.38 bits per heavy atom. The molecule has 0 radical (unpaired) electrons. The molecule has 7 heteroatoms. The van der Waals surface area contributed by atoms with Crippen molar-refractivity contribution < 1.29 is 23.7 Å². The highest BCUT2D eigenvalue weighted by molar-refractivity contribution is 5.80. The second kappa shape index (κ2) is 10.6. The smallest absolute Gasteiger partial charge is 0.427 e. The molecule has 7 nitrogen and oxygen atoms in total. The van der Waals surface area contributed by atoms with Gasteiger partial charge in [0.05, 0.1) is 33.6 Å². The van der Waals surface area contributed by atoms with Gasteiger partial charge in [0.25, 0.3) is 0 Å². The fourth-order valence-corrected chi connectivity index (χ4v) is 1.99. The highest BCUT2D eigenvalue weighted by Crippen LogP contribution is 2.19. The Balaban J connectivity index is 1.67. The van der Waals surface area contributed by atoms with E-state index in [1.165, 1.54) is 13.3 Å². The predicted octanol–water partition coefficient (Wildman–Crippen LogP) is 3.23. The normalized spacial score (nSPS) is 10.4. The number of benzene rings is 2. The first-order valence-corrected chi connectivity index (χ1v) is 8.08. The lowest BCUT2D eigenvalue weighted by molar-refractivity contribution is 0.171. The summed E-state index contributed by atoms with van der Waals surface area (Å²) in [5.74, 6) is 2.29. The average Bonchev–Trinajstić information content (AvgIpc) is 2.69. The largest absolute Gasteiger partial charge is 0.497 e. The summed E-state index contributed by atoms with van der Waals surface area (Å²) >= 11 is 0. The van der Waals surface area contributed by atoms with Crippen molar-refractivity contribution in [3.63, 3.8) is 0 Å². The summed E-state index contributed by atoms with van der Waals surface area (Å²) in [6.07, 6.45) is 1.66. The number of carbonyl (C=O) groups excluding carboxylic acids is 1. The molecule has 0 unspecified atom stereocenters. The minimum atomic E-state index is -0.614. The quantitative estimate of drug-likeness (QED) is 0.423. The third-order valence-corrected chi connectivity index (χ3v) is 3.30. The Kier molecular flexibility index (Phi) is 7.79. The van der Waals surface area contributed by atoms with Gasteiger partial charge in [0, 0.05) is 12.5 Å². The maximum Gasteiger partial charge on any atom is 0.427 e. The maximum absolute atomic E-state index is 10.9. The molecule has 26 heavy (non-hydrogen) atoms. The predicted molar refractivity (Wildman–Crippen MR) is 98.2 cm³/mol. The van der Waals surface area contributed by atoms with Crippen LogP contribution in [0.3, 0.4) is 0 Å². The van der Waals surface area contributed by atoms with E-state index in [2.05, 4.69) is 15.3 Å². The van der Waals surface area contributed by atoms with E-state index < -0.39 is 6.09 Å². The lowest BCUT2D eigenvalue weighted by atomic mass is 10.2. The number of nitrogens with zero attached hydrogens (tertiary/aromatic N) is 1. The monoisotopic (exact) mass is 358 g/mol. The summed E-state index contributed by atoms with van der Waals surface area (Å²) in [5.41, 5.74) is 3.05. The lowest BCUT2D eigenvalue weighted by Gasteiger charge is -2.09. The molecule has 2 rings (SSSR count). The molecule has 0 aromatic heterocycles. The average molecular weight is 358 g/mol. The fraction of sp³-hybridized carbons (Fsp3) is 0.263. The minimum absolute atomic E-state index is 0.543. The molecule has 1 amide bonds. The van der Waals surface area contributed by atoms with E-state index in [1.807, 2.05) is 48.5 Å². The summed E-state index contributed by atoms with van der Waals surface area (Å²) in [6.45, 7) is 1.10. The number of amides is 1. The second-order valence-electron chi connectivity index (χ2n) is 5.16. The summed E-state index contributed by atoms with van der Waals surface area (Å²) in [6, 6.07) is 14.8. The molecule has 0 saturated heterocycles. The van der Waals surface area contributed by atoms with Gasteiger partial charge < -0.3 is 18.9 Å². The number of carbonyl (C=O) groups is 1. The Morgan fingerprint density at radius 2 is 1.69 bits per heavy atom. The van der Waals surface area contributed by atoms with Gasteiger partial charge in [0.2, 0.25) is 0 Å². The molecule has 0 aliphatic carbocycles. The van der Waals surface area contributed by atoms with E-state index >= 15 is 0 Å². The van der Waals surface area contributed by atoms with E-state index in [0.717, 1.165) is 29.2 Å². The number of ether oxygens (including phenoxy) is 4. The number of rotatable bonds is 9. The van der Waals surface area contributed by atoms with Gasteiger partial charge in [0.15, 0.2) is 0 Å². The van der Waals surface area contributed by atoms with Crippen LogP contribution < -0.4 is 19.6 Å². The van der Waals surface area contributed by atoms with Gasteiger partial charge in [-0.25, -0.2) is 10.2 Å². The van der Waals surface area contributed by atoms with Crippen LogP contribution in [-0.4, -0.2) is 39.7 Å². The zero-order valence-corrected chi connectivity index (χ0v) is 14.8. The van der Waals surface area contributed by atoms with E-state index in [9.17, 15) is 4.79 Å². The third kappa shape index (κ3) is 6.72. The van der Waals surface area contributed by atoms with Crippen LogP contribution in [0.2, 0.25) is 0 Å². The number of nitrogens with one attached hydrogen (secondary N) is 1. The molecule has 0 aliphatic rings. The van der Waals surface area contributed by atoms with Crippen molar-refractivity contribution in [1.82, 2.24) is 5.43 Å². The molecule has 0 saturated carbocycles. The highest BCUT2D eigenvalue weighted by atomic mass is 16.5. The van der Waals surface area contributed by atoms with Gasteiger partial charge in [-0.2, -0.15) is 5.10 Å². The highest BCUT2D eigenvalue weighted by Gasteiger charge is 1.98. The molecule has 0 aliphatic heterocycles. The molecule has 0 spiro atoms. The van der Waals surface area contributed by atoms with Crippen molar-refractivity contribution in [2.75, 3.05) is 27.4 Å². The van der Waals surface area contributed by atoms with Crippen LogP contribution in [0.5, 0.6) is 17.2 Å². The first-order valence-electron chi connectivity index (χ1n) is 8.08. The third-order valence-electron chi connectivity index (χ3n) is 3.30. The van der Waals surface area contributed by atoms with Gasteiger partial charge in [-0.3, -0.25) is 0 Å². The van der Waals surface area contributed by atoms with Crippen molar-refractivity contribution >= 4 is 12.3 Å². The Morgan fingerprint density at radius 1 is 1.00 bits per heavy atom. The summed E-state index contributed by atoms with van der Waals surface area (Å²) in [7, 11) is 2.90. The van der Waals surface area contributed by atoms with Gasteiger partial charge in [-0.1, -0.05) is 6.07 Å². The van der Waals surface area contributed by atoms with Crippen molar-refractivity contribution in [3.05, 3.63) is 54.1 Å². The van der Waals surface area contributed by atoms with E-state index in [1.54, 1.807) is 7.11 Å². The standard InChI is InChI=1S/C19H22N2O5/c1-23-17-5-3-6-18(13-17)26-12-4-11-25-16-9-7-15(8-10-16)14-20-21-19(22)24-2/h3,5-10,13-14H,4,11-12H2,1-2H3,(H,21,22)/b20-14-. The molecule has 0 heterocycles. The van der Waals surface area contributed by atoms with E-state index in [4.69, 9.17) is 14.2 Å². The van der Waals surface area contributed by atoms with Gasteiger partial charge in [0.1, 0.15) is 17.2 Å². The second-order valence-corrected chi connectivity index (χ2v) is 5.16. The van der Waals surface area contributed by atoms with Gasteiger partial charge >= 0.3 is 6.09 Å². The summed E-state index contributed by atoms with van der Waals surface area (Å²) in [5, 5.41) is 3.75. The molecule has 0 fully saturated rings. The Hall–Kier alpha value is -3.22. The van der Waals surface area contributed by atoms with E-state index in [0.29, 0.717) is 13.2 Å². The molecule has 0 atom stereocenters. The first kappa shape index (κ1) is 19.1. The van der Waals surface area contributed by atoms with Crippen molar-refractivity contribution in [2.45, 2.75) is 6.42 Å². The molecular weight excluding hydrogens is 336 g/mol. The van der Waals surface area contributed by atoms with E-state index in [-0.39, 0.29) is 0 Å². The lowest BCUT2D eigenvalue weighted by Crippen LogP contribution is -2.16. The number of hydrogen-bond acceptors (Lipinski definition) is 6. The molecule has 0 bridgehead atoms. The molecular formula is C19H22N2O5. The molecule has 2 aromatic carbocycles. The zero-order chi connectivity index (χ0) is 18.6. The number of hydrazone groups is 1. The summed E-state index contributed by atoms with van der Waals surface area (Å²) in [4.78, 5) is 10.9. The topological polar surface area (TPSA) is 78.4 Å². The Bertz CT molecular complexity index is 716. The van der Waals surface area contributed by atoms with Crippen molar-refractivity contribution in [2.24, 2.45) is 5.10 Å². The SMILES string of the molecule is COC(=O)N/N=C\c1ccc(OCCCOc2cccc(OC)c2)cc1. The van der Waals surface area contributed by atoms with Gasteiger partial charge in [-0.15, -0.1) is 0 Å². The van der Waals surface area contributed by atoms with Crippen molar-refractivity contribution in [1.29, 1.82) is 0 Å². The van der Waals surface area contributed by atoms with Crippen LogP contribution in [0.1, 0.15) is 12.0 Å². The summed E-state index contributed by atoms with van der Waals surface area (Å²) < 4.78 is 20.9. The number of hydrogen-bond donors (Lipinski definition) is 1. The van der Waals surface area contributed by atoms with Crippen LogP contribution in [-0.2, 0) is 4.74 Å². The zero-order valence-electron chi connectivity index (χ0n) is 14.8. The fourth-order valence-electron chi connectivity index (χ4n) is 1.99. The van der Waals surface area contributed by atoms with Gasteiger partial charge in [-0.05, 0) is 42.0 Å². The maximum atomic E-state index is 10.9. The Labute approximate surface area is 152 Å². The van der Waals surface area contributed by atoms with Crippen LogP contribution in [0.25, 0.3) is 0 Å². The molecule has 1 N–H and O–H groups in total. The van der Waals surface area contributed by atoms with Crippen LogP contribution in [0.4, 0.5) is 4.79 Å². The van der Waals surface area contributed by atoms with Crippen molar-refractivity contribution in [3.8, 4) is 17.2 Å². The van der Waals surface area contributed by atoms with Crippen LogP contribution in [0, 0.1) is 0 Å². The van der Waals surface area contributed by atoms with Crippen LogP contribution >= 0.6 is 0 Å². The number of methoxy groups -OCH3 is 2. The molecule has 138 valence electrons. The minimum Gasteiger partial charge on any atom is -0.497 e. The van der Waals surface area contributed by atoms with Crippen LogP contribution in [0.15, 0.2) is 53.6 Å². The first-order chi connectivity index (χ1) is 12.7. The molecule has 2 aromatic rings.